The zero-order valence-electron chi connectivity index (χ0n) is 16.3. The van der Waals surface area contributed by atoms with Gasteiger partial charge in [0.1, 0.15) is 10.7 Å². The molecule has 2 saturated heterocycles. The van der Waals surface area contributed by atoms with Gasteiger partial charge in [0.15, 0.2) is 15.5 Å². The second-order valence-corrected chi connectivity index (χ2v) is 10.9. The number of fused-ring (bicyclic) bond motifs is 1. The fourth-order valence-electron chi connectivity index (χ4n) is 4.13. The predicted octanol–water partition coefficient (Wildman–Crippen LogP) is 1.70. The summed E-state index contributed by atoms with van der Waals surface area (Å²) in [7, 11) is -2.91. The first-order valence-corrected chi connectivity index (χ1v) is 12.5. The summed E-state index contributed by atoms with van der Waals surface area (Å²) in [5, 5.41) is 0.683. The second kappa shape index (κ2) is 7.68. The molecule has 0 spiro atoms. The number of piperazine rings is 1. The zero-order valence-corrected chi connectivity index (χ0v) is 17.9. The van der Waals surface area contributed by atoms with Gasteiger partial charge in [-0.1, -0.05) is 12.1 Å². The van der Waals surface area contributed by atoms with Crippen molar-refractivity contribution in [2.75, 3.05) is 37.7 Å². The molecule has 30 heavy (non-hydrogen) atoms. The number of rotatable bonds is 3. The van der Waals surface area contributed by atoms with E-state index in [1.54, 1.807) is 11.1 Å². The summed E-state index contributed by atoms with van der Waals surface area (Å²) in [6.07, 6.45) is 3.79. The van der Waals surface area contributed by atoms with Gasteiger partial charge < -0.3 is 4.90 Å². The van der Waals surface area contributed by atoms with Gasteiger partial charge in [-0.05, 0) is 18.6 Å². The van der Waals surface area contributed by atoms with Crippen LogP contribution in [0.2, 0.25) is 0 Å². The Morgan fingerprint density at radius 1 is 1.07 bits per heavy atom. The number of nitrogens with zero attached hydrogens (tertiary/aromatic N) is 5. The molecule has 1 unspecified atom stereocenters. The lowest BCUT2D eigenvalue weighted by Gasteiger charge is -2.37. The maximum absolute atomic E-state index is 13.2. The van der Waals surface area contributed by atoms with Crippen molar-refractivity contribution < 1.29 is 13.2 Å². The Morgan fingerprint density at radius 3 is 2.57 bits per heavy atom. The minimum atomic E-state index is -2.91. The van der Waals surface area contributed by atoms with Crippen molar-refractivity contribution in [3.05, 3.63) is 42.4 Å². The third-order valence-corrected chi connectivity index (χ3v) is 8.52. The van der Waals surface area contributed by atoms with E-state index in [2.05, 4.69) is 19.9 Å². The molecule has 8 nitrogen and oxygen atoms in total. The van der Waals surface area contributed by atoms with E-state index in [1.165, 1.54) is 17.5 Å². The molecule has 0 aliphatic carbocycles. The van der Waals surface area contributed by atoms with Crippen LogP contribution in [0.3, 0.4) is 0 Å². The highest BCUT2D eigenvalue weighted by Crippen LogP contribution is 2.30. The molecule has 10 heteroatoms. The van der Waals surface area contributed by atoms with E-state index >= 15 is 0 Å². The van der Waals surface area contributed by atoms with Crippen LogP contribution in [0.4, 0.5) is 0 Å². The lowest BCUT2D eigenvalue weighted by molar-refractivity contribution is 0.0582. The summed E-state index contributed by atoms with van der Waals surface area (Å²) in [5.41, 5.74) is 1.70. The van der Waals surface area contributed by atoms with E-state index in [4.69, 9.17) is 0 Å². The van der Waals surface area contributed by atoms with Crippen LogP contribution < -0.4 is 0 Å². The van der Waals surface area contributed by atoms with Crippen LogP contribution in [0.5, 0.6) is 0 Å². The van der Waals surface area contributed by atoms with Gasteiger partial charge in [0, 0.05) is 44.6 Å². The van der Waals surface area contributed by atoms with Crippen LogP contribution in [0.1, 0.15) is 16.9 Å². The molecule has 0 N–H and O–H groups in total. The highest BCUT2D eigenvalue weighted by Gasteiger charge is 2.35. The number of para-hydroxylation sites is 1. The number of hydrogen-bond acceptors (Lipinski definition) is 8. The molecule has 2 aliphatic heterocycles. The normalized spacial score (nSPS) is 21.9. The Morgan fingerprint density at radius 2 is 1.83 bits per heavy atom. The maximum atomic E-state index is 13.2. The van der Waals surface area contributed by atoms with E-state index < -0.39 is 9.84 Å². The molecule has 5 rings (SSSR count). The monoisotopic (exact) mass is 443 g/mol. The number of carbonyl (C=O) groups excluding carboxylic acids is 1. The summed E-state index contributed by atoms with van der Waals surface area (Å²) in [5.74, 6) is 0.338. The highest BCUT2D eigenvalue weighted by molar-refractivity contribution is 7.91. The van der Waals surface area contributed by atoms with Crippen molar-refractivity contribution in [1.29, 1.82) is 0 Å². The third-order valence-electron chi connectivity index (χ3n) is 5.72. The van der Waals surface area contributed by atoms with Gasteiger partial charge in [-0.3, -0.25) is 9.69 Å². The summed E-state index contributed by atoms with van der Waals surface area (Å²) in [6.45, 7) is 2.43. The van der Waals surface area contributed by atoms with Crippen molar-refractivity contribution in [3.63, 3.8) is 0 Å². The van der Waals surface area contributed by atoms with Crippen LogP contribution in [0, 0.1) is 0 Å². The molecule has 0 radical (unpaired) electrons. The van der Waals surface area contributed by atoms with E-state index in [0.29, 0.717) is 49.0 Å². The summed E-state index contributed by atoms with van der Waals surface area (Å²) in [4.78, 5) is 30.6. The predicted molar refractivity (Wildman–Crippen MR) is 115 cm³/mol. The van der Waals surface area contributed by atoms with Crippen LogP contribution in [-0.4, -0.2) is 82.8 Å². The molecular weight excluding hydrogens is 422 g/mol. The molecule has 1 amide bonds. The largest absolute Gasteiger partial charge is 0.335 e. The summed E-state index contributed by atoms with van der Waals surface area (Å²) in [6, 6.07) is 7.90. The Bertz CT molecular complexity index is 1170. The fourth-order valence-corrected chi connectivity index (χ4v) is 6.85. The Labute approximate surface area is 178 Å². The molecular formula is C20H21N5O3S2. The number of thiazole rings is 1. The molecule has 2 fully saturated rings. The van der Waals surface area contributed by atoms with Gasteiger partial charge in [0.2, 0.25) is 0 Å². The molecule has 2 aliphatic rings. The van der Waals surface area contributed by atoms with E-state index in [1.807, 2.05) is 24.3 Å². The Hall–Kier alpha value is -2.43. The van der Waals surface area contributed by atoms with Crippen molar-refractivity contribution >= 4 is 37.3 Å². The first-order valence-electron chi connectivity index (χ1n) is 9.91. The number of sulfone groups is 1. The SMILES string of the molecule is O=C(c1nccnc1-c1nc2ccccc2s1)N1CCN(C2CCS(=O)(=O)C2)CC1. The van der Waals surface area contributed by atoms with Crippen molar-refractivity contribution in [2.24, 2.45) is 0 Å². The Balaban J connectivity index is 1.34. The molecule has 1 atom stereocenters. The van der Waals surface area contributed by atoms with Crippen LogP contribution in [0.15, 0.2) is 36.7 Å². The minimum Gasteiger partial charge on any atom is -0.335 e. The van der Waals surface area contributed by atoms with Crippen molar-refractivity contribution in [3.8, 4) is 10.7 Å². The Kier molecular flexibility index (Phi) is 5.00. The zero-order chi connectivity index (χ0) is 20.7. The first-order chi connectivity index (χ1) is 14.5. The van der Waals surface area contributed by atoms with Gasteiger partial charge in [-0.15, -0.1) is 11.3 Å². The molecule has 0 bridgehead atoms. The molecule has 0 saturated carbocycles. The lowest BCUT2D eigenvalue weighted by Crippen LogP contribution is -2.52. The molecule has 1 aromatic carbocycles. The quantitative estimate of drug-likeness (QED) is 0.608. The van der Waals surface area contributed by atoms with E-state index in [-0.39, 0.29) is 23.5 Å². The third kappa shape index (κ3) is 3.70. The van der Waals surface area contributed by atoms with E-state index in [9.17, 15) is 13.2 Å². The summed E-state index contributed by atoms with van der Waals surface area (Å²) >= 11 is 1.50. The number of hydrogen-bond donors (Lipinski definition) is 0. The lowest BCUT2D eigenvalue weighted by atomic mass is 10.1. The van der Waals surface area contributed by atoms with Crippen molar-refractivity contribution in [1.82, 2.24) is 24.8 Å². The molecule has 3 aromatic rings. The smallest absolute Gasteiger partial charge is 0.274 e. The second-order valence-electron chi connectivity index (χ2n) is 7.63. The number of carbonyl (C=O) groups is 1. The number of amides is 1. The topological polar surface area (TPSA) is 96.4 Å². The average molecular weight is 444 g/mol. The summed E-state index contributed by atoms with van der Waals surface area (Å²) < 4.78 is 24.6. The average Bonchev–Trinajstić information content (AvgIpc) is 3.36. The molecule has 2 aromatic heterocycles. The minimum absolute atomic E-state index is 0.0714. The van der Waals surface area contributed by atoms with Crippen molar-refractivity contribution in [2.45, 2.75) is 12.5 Å². The fraction of sp³-hybridized carbons (Fsp3) is 0.400. The van der Waals surface area contributed by atoms with Gasteiger partial charge in [-0.2, -0.15) is 0 Å². The van der Waals surface area contributed by atoms with Crippen LogP contribution in [-0.2, 0) is 9.84 Å². The van der Waals surface area contributed by atoms with E-state index in [0.717, 1.165) is 10.2 Å². The molecule has 156 valence electrons. The first kappa shape index (κ1) is 19.5. The van der Waals surface area contributed by atoms with Gasteiger partial charge in [-0.25, -0.2) is 23.4 Å². The van der Waals surface area contributed by atoms with Crippen LogP contribution >= 0.6 is 11.3 Å². The molecule has 4 heterocycles. The highest BCUT2D eigenvalue weighted by atomic mass is 32.2. The van der Waals surface area contributed by atoms with Gasteiger partial charge in [0.25, 0.3) is 5.91 Å². The number of aromatic nitrogens is 3. The number of benzene rings is 1. The van der Waals surface area contributed by atoms with Gasteiger partial charge in [0.05, 0.1) is 21.7 Å². The van der Waals surface area contributed by atoms with Crippen LogP contribution in [0.25, 0.3) is 20.9 Å². The standard InChI is InChI=1S/C20H21N5O3S2/c26-20(25-10-8-24(9-11-25)14-5-12-30(27,28)13-14)18-17(21-6-7-22-18)19-23-15-3-1-2-4-16(15)29-19/h1-4,6-7,14H,5,8-13H2. The maximum Gasteiger partial charge on any atom is 0.274 e. The van der Waals surface area contributed by atoms with Gasteiger partial charge >= 0.3 is 0 Å².